The first-order valence-corrected chi connectivity index (χ1v) is 10.0. The van der Waals surface area contributed by atoms with Crippen LogP contribution in [0.2, 0.25) is 0 Å². The van der Waals surface area contributed by atoms with Crippen LogP contribution in [0, 0.1) is 13.8 Å². The second kappa shape index (κ2) is 6.94. The monoisotopic (exact) mass is 390 g/mol. The predicted octanol–water partition coefficient (Wildman–Crippen LogP) is 2.34. The molecule has 0 N–H and O–H groups in total. The number of Topliss-reactive ketones (excluding diaryl/α,β-unsaturated/α-hetero) is 1. The minimum atomic E-state index is -4.00. The molecule has 2 aromatic rings. The fourth-order valence-electron chi connectivity index (χ4n) is 3.66. The molecule has 0 bridgehead atoms. The molecule has 1 aliphatic heterocycles. The van der Waals surface area contributed by atoms with E-state index in [1.807, 2.05) is 18.4 Å². The van der Waals surface area contributed by atoms with E-state index in [9.17, 15) is 18.0 Å². The molecule has 1 amide bonds. The van der Waals surface area contributed by atoms with E-state index in [1.165, 1.54) is 12.1 Å². The molecule has 7 nitrogen and oxygen atoms in total. The number of aryl methyl sites for hydroxylation is 1. The number of hydrogen-bond acceptors (Lipinski definition) is 5. The van der Waals surface area contributed by atoms with Crippen molar-refractivity contribution >= 4 is 21.7 Å². The van der Waals surface area contributed by atoms with Crippen molar-refractivity contribution in [2.45, 2.75) is 31.7 Å². The highest BCUT2D eigenvalue weighted by molar-refractivity contribution is 7.90. The van der Waals surface area contributed by atoms with Crippen LogP contribution in [0.15, 0.2) is 35.2 Å². The Hall–Kier alpha value is -2.45. The van der Waals surface area contributed by atoms with Gasteiger partial charge in [-0.1, -0.05) is 12.1 Å². The van der Waals surface area contributed by atoms with Gasteiger partial charge in [0, 0.05) is 24.1 Å². The lowest BCUT2D eigenvalue weighted by Crippen LogP contribution is -2.35. The van der Waals surface area contributed by atoms with Gasteiger partial charge < -0.3 is 9.30 Å². The number of rotatable bonds is 6. The van der Waals surface area contributed by atoms with Crippen molar-refractivity contribution in [2.24, 2.45) is 0 Å². The van der Waals surface area contributed by atoms with E-state index < -0.39 is 28.3 Å². The summed E-state index contributed by atoms with van der Waals surface area (Å²) in [7, 11) is -2.39. The number of amides is 1. The number of carbonyl (C=O) groups excluding carboxylic acids is 2. The Morgan fingerprint density at radius 3 is 2.52 bits per heavy atom. The topological polar surface area (TPSA) is 85.7 Å². The zero-order valence-electron chi connectivity index (χ0n) is 15.7. The van der Waals surface area contributed by atoms with Crippen LogP contribution in [0.4, 0.5) is 0 Å². The Kier molecular flexibility index (Phi) is 4.96. The molecule has 3 rings (SSSR count). The predicted molar refractivity (Wildman–Crippen MR) is 99.5 cm³/mol. The van der Waals surface area contributed by atoms with E-state index in [0.717, 1.165) is 11.4 Å². The van der Waals surface area contributed by atoms with Crippen LogP contribution in [0.25, 0.3) is 0 Å². The van der Waals surface area contributed by atoms with Gasteiger partial charge in [0.1, 0.15) is 11.4 Å². The summed E-state index contributed by atoms with van der Waals surface area (Å²) in [6.45, 7) is 5.63. The fourth-order valence-corrected chi connectivity index (χ4v) is 5.18. The summed E-state index contributed by atoms with van der Waals surface area (Å²) in [4.78, 5) is 25.3. The number of benzene rings is 1. The SMILES string of the molecule is COC[C@H](C)n1c(C)cc(C(=O)CN2C(=O)c3ccccc3S2(=O)=O)c1C. The van der Waals surface area contributed by atoms with Gasteiger partial charge >= 0.3 is 0 Å². The van der Waals surface area contributed by atoms with Crippen molar-refractivity contribution in [3.8, 4) is 0 Å². The van der Waals surface area contributed by atoms with Gasteiger partial charge in [-0.15, -0.1) is 0 Å². The molecule has 0 spiro atoms. The van der Waals surface area contributed by atoms with Gasteiger partial charge in [-0.25, -0.2) is 12.7 Å². The van der Waals surface area contributed by atoms with E-state index in [-0.39, 0.29) is 16.5 Å². The summed E-state index contributed by atoms with van der Waals surface area (Å²) >= 11 is 0. The zero-order valence-corrected chi connectivity index (χ0v) is 16.5. The number of sulfonamides is 1. The summed E-state index contributed by atoms with van der Waals surface area (Å²) < 4.78 is 33.1. The molecule has 1 aromatic carbocycles. The molecule has 0 unspecified atom stereocenters. The summed E-state index contributed by atoms with van der Waals surface area (Å²) in [5.41, 5.74) is 2.11. The van der Waals surface area contributed by atoms with E-state index in [0.29, 0.717) is 16.5 Å². The number of ketones is 1. The van der Waals surface area contributed by atoms with Crippen LogP contribution in [0.1, 0.15) is 45.1 Å². The number of methoxy groups -OCH3 is 1. The molecule has 2 heterocycles. The van der Waals surface area contributed by atoms with Gasteiger partial charge in [-0.2, -0.15) is 0 Å². The third-order valence-corrected chi connectivity index (χ3v) is 6.62. The van der Waals surface area contributed by atoms with E-state index in [1.54, 1.807) is 32.2 Å². The Labute approximate surface area is 158 Å². The molecule has 0 saturated carbocycles. The summed E-state index contributed by atoms with van der Waals surface area (Å²) in [5, 5.41) is 0. The van der Waals surface area contributed by atoms with Crippen molar-refractivity contribution in [3.63, 3.8) is 0 Å². The zero-order chi connectivity index (χ0) is 19.9. The molecular formula is C19H22N2O5S. The highest BCUT2D eigenvalue weighted by Gasteiger charge is 2.42. The van der Waals surface area contributed by atoms with Gasteiger partial charge in [0.2, 0.25) is 0 Å². The first kappa shape index (κ1) is 19.3. The van der Waals surface area contributed by atoms with Crippen molar-refractivity contribution < 1.29 is 22.7 Å². The molecule has 27 heavy (non-hydrogen) atoms. The number of hydrogen-bond donors (Lipinski definition) is 0. The quantitative estimate of drug-likeness (QED) is 0.707. The average Bonchev–Trinajstić information content (AvgIpc) is 3.02. The largest absolute Gasteiger partial charge is 0.383 e. The summed E-state index contributed by atoms with van der Waals surface area (Å²) in [5.74, 6) is -1.08. The van der Waals surface area contributed by atoms with Gasteiger partial charge in [0.05, 0.1) is 18.2 Å². The van der Waals surface area contributed by atoms with Crippen LogP contribution in [0.3, 0.4) is 0 Å². The summed E-state index contributed by atoms with van der Waals surface area (Å²) in [6, 6.07) is 7.74. The normalized spacial score (nSPS) is 16.4. The van der Waals surface area contributed by atoms with Gasteiger partial charge in [-0.3, -0.25) is 9.59 Å². The maximum Gasteiger partial charge on any atom is 0.269 e. The fraction of sp³-hybridized carbons (Fsp3) is 0.368. The minimum Gasteiger partial charge on any atom is -0.383 e. The van der Waals surface area contributed by atoms with Crippen molar-refractivity contribution in [1.82, 2.24) is 8.87 Å². The highest BCUT2D eigenvalue weighted by Crippen LogP contribution is 2.30. The summed E-state index contributed by atoms with van der Waals surface area (Å²) in [6.07, 6.45) is 0. The lowest BCUT2D eigenvalue weighted by Gasteiger charge is -2.18. The smallest absolute Gasteiger partial charge is 0.269 e. The van der Waals surface area contributed by atoms with Crippen molar-refractivity contribution in [3.05, 3.63) is 52.8 Å². The Balaban J connectivity index is 1.91. The number of carbonyl (C=O) groups is 2. The van der Waals surface area contributed by atoms with Crippen LogP contribution in [-0.2, 0) is 14.8 Å². The van der Waals surface area contributed by atoms with E-state index >= 15 is 0 Å². The van der Waals surface area contributed by atoms with Crippen LogP contribution in [-0.4, -0.2) is 49.2 Å². The average molecular weight is 390 g/mol. The van der Waals surface area contributed by atoms with Crippen LogP contribution in [0.5, 0.6) is 0 Å². The van der Waals surface area contributed by atoms with E-state index in [2.05, 4.69) is 0 Å². The second-order valence-corrected chi connectivity index (χ2v) is 8.53. The lowest BCUT2D eigenvalue weighted by molar-refractivity contribution is 0.0820. The third kappa shape index (κ3) is 3.08. The number of aromatic nitrogens is 1. The molecule has 1 aliphatic rings. The van der Waals surface area contributed by atoms with Gasteiger partial charge in [0.15, 0.2) is 5.78 Å². The maximum absolute atomic E-state index is 12.8. The first-order chi connectivity index (χ1) is 12.7. The van der Waals surface area contributed by atoms with Gasteiger partial charge in [-0.05, 0) is 39.0 Å². The highest BCUT2D eigenvalue weighted by atomic mass is 32.2. The standard InChI is InChI=1S/C19H22N2O5S/c1-12-9-16(14(3)21(12)13(2)11-26-4)17(22)10-20-19(23)15-7-5-6-8-18(15)27(20,24)25/h5-9,13H,10-11H2,1-4H3/t13-/m0/s1. The Morgan fingerprint density at radius 2 is 1.89 bits per heavy atom. The molecule has 1 aromatic heterocycles. The van der Waals surface area contributed by atoms with Crippen molar-refractivity contribution in [1.29, 1.82) is 0 Å². The number of nitrogens with zero attached hydrogens (tertiary/aromatic N) is 2. The Bertz CT molecular complexity index is 1020. The van der Waals surface area contributed by atoms with Crippen LogP contribution >= 0.6 is 0 Å². The molecule has 144 valence electrons. The third-order valence-electron chi connectivity index (χ3n) is 4.83. The molecule has 0 radical (unpaired) electrons. The molecule has 0 fully saturated rings. The van der Waals surface area contributed by atoms with Crippen molar-refractivity contribution in [2.75, 3.05) is 20.3 Å². The minimum absolute atomic E-state index is 0.0259. The lowest BCUT2D eigenvalue weighted by atomic mass is 10.1. The molecular weight excluding hydrogens is 368 g/mol. The maximum atomic E-state index is 12.8. The van der Waals surface area contributed by atoms with E-state index in [4.69, 9.17) is 4.74 Å². The number of ether oxygens (including phenoxy) is 1. The second-order valence-electron chi connectivity index (χ2n) is 6.70. The molecule has 8 heteroatoms. The van der Waals surface area contributed by atoms with Gasteiger partial charge in [0.25, 0.3) is 15.9 Å². The first-order valence-electron chi connectivity index (χ1n) is 8.56. The molecule has 0 aliphatic carbocycles. The molecule has 1 atom stereocenters. The number of fused-ring (bicyclic) bond motifs is 1. The molecule has 0 saturated heterocycles. The Morgan fingerprint density at radius 1 is 1.22 bits per heavy atom. The van der Waals surface area contributed by atoms with Crippen LogP contribution < -0.4 is 0 Å².